The lowest BCUT2D eigenvalue weighted by molar-refractivity contribution is 0.0746. The van der Waals surface area contributed by atoms with E-state index in [0.717, 1.165) is 21.0 Å². The number of nitrogens with zero attached hydrogens (tertiary/aromatic N) is 4. The number of nitrogens with one attached hydrogen (secondary N) is 1. The van der Waals surface area contributed by atoms with Gasteiger partial charge in [0, 0.05) is 37.9 Å². The average molecular weight is 446 g/mol. The molecule has 3 heterocycles. The number of thiazole rings is 1. The number of carbonyl (C=O) groups excluding carboxylic acids is 1. The molecule has 0 radical (unpaired) electrons. The van der Waals surface area contributed by atoms with E-state index in [4.69, 9.17) is 0 Å². The van der Waals surface area contributed by atoms with Crippen molar-refractivity contribution in [3.05, 3.63) is 47.2 Å². The summed E-state index contributed by atoms with van der Waals surface area (Å²) in [6, 6.07) is 7.05. The van der Waals surface area contributed by atoms with E-state index in [1.165, 1.54) is 13.1 Å². The number of rotatable bonds is 4. The molecule has 4 rings (SSSR count). The molecule has 1 saturated heterocycles. The minimum atomic E-state index is -3.64. The number of hydrogen-bond acceptors (Lipinski definition) is 7. The number of pyridine rings is 1. The zero-order chi connectivity index (χ0) is 21.5. The van der Waals surface area contributed by atoms with Gasteiger partial charge in [-0.25, -0.2) is 23.1 Å². The van der Waals surface area contributed by atoms with Crippen molar-refractivity contribution in [1.82, 2.24) is 19.6 Å². The van der Waals surface area contributed by atoms with E-state index in [2.05, 4.69) is 19.6 Å². The molecular formula is C20H23N5O3S2. The molecule has 1 aliphatic heterocycles. The highest BCUT2D eigenvalue weighted by Crippen LogP contribution is 2.28. The highest BCUT2D eigenvalue weighted by molar-refractivity contribution is 7.89. The third-order valence-electron chi connectivity index (χ3n) is 5.42. The number of carbonyl (C=O) groups is 1. The maximum Gasteiger partial charge on any atom is 0.254 e. The molecule has 8 nitrogen and oxygen atoms in total. The number of anilines is 1. The third kappa shape index (κ3) is 3.78. The lowest BCUT2D eigenvalue weighted by Gasteiger charge is -2.34. The quantitative estimate of drug-likeness (QED) is 0.661. The Morgan fingerprint density at radius 1 is 1.17 bits per heavy atom. The van der Waals surface area contributed by atoms with Gasteiger partial charge in [0.1, 0.15) is 10.3 Å². The van der Waals surface area contributed by atoms with Crippen LogP contribution in [0.2, 0.25) is 0 Å². The van der Waals surface area contributed by atoms with Gasteiger partial charge in [0.15, 0.2) is 5.13 Å². The normalized spacial score (nSPS) is 15.0. The molecule has 10 heteroatoms. The van der Waals surface area contributed by atoms with Crippen molar-refractivity contribution in [2.24, 2.45) is 0 Å². The topological polar surface area (TPSA) is 95.5 Å². The van der Waals surface area contributed by atoms with Crippen molar-refractivity contribution < 1.29 is 13.2 Å². The van der Waals surface area contributed by atoms with E-state index in [1.807, 2.05) is 19.1 Å². The van der Waals surface area contributed by atoms with E-state index in [9.17, 15) is 13.2 Å². The van der Waals surface area contributed by atoms with Gasteiger partial charge in [0.05, 0.1) is 4.90 Å². The number of fused-ring (bicyclic) bond motifs is 1. The summed E-state index contributed by atoms with van der Waals surface area (Å²) in [5.41, 5.74) is 2.69. The van der Waals surface area contributed by atoms with Crippen LogP contribution in [0.4, 0.5) is 5.13 Å². The van der Waals surface area contributed by atoms with Crippen LogP contribution in [-0.2, 0) is 10.0 Å². The molecule has 3 aromatic rings. The van der Waals surface area contributed by atoms with Crippen molar-refractivity contribution in [3.8, 4) is 0 Å². The fourth-order valence-electron chi connectivity index (χ4n) is 3.52. The van der Waals surface area contributed by atoms with Gasteiger partial charge in [-0.3, -0.25) is 4.79 Å². The largest absolute Gasteiger partial charge is 0.344 e. The summed E-state index contributed by atoms with van der Waals surface area (Å²) >= 11 is 1.55. The van der Waals surface area contributed by atoms with Crippen molar-refractivity contribution >= 4 is 42.7 Å². The number of hydrogen-bond donors (Lipinski definition) is 1. The zero-order valence-electron chi connectivity index (χ0n) is 17.0. The molecule has 0 aliphatic carbocycles. The maximum absolute atomic E-state index is 13.1. The zero-order valence-corrected chi connectivity index (χ0v) is 18.7. The van der Waals surface area contributed by atoms with Crippen LogP contribution in [0, 0.1) is 13.8 Å². The van der Waals surface area contributed by atoms with Gasteiger partial charge in [-0.05, 0) is 56.3 Å². The van der Waals surface area contributed by atoms with E-state index < -0.39 is 10.0 Å². The fraction of sp³-hybridized carbons (Fsp3) is 0.350. The first-order valence-electron chi connectivity index (χ1n) is 9.61. The maximum atomic E-state index is 13.1. The van der Waals surface area contributed by atoms with Crippen LogP contribution in [0.25, 0.3) is 10.3 Å². The summed E-state index contributed by atoms with van der Waals surface area (Å²) in [5, 5.41) is 0.907. The Bertz CT molecular complexity index is 1180. The predicted octanol–water partition coefficient (Wildman–Crippen LogP) is 2.18. The highest BCUT2D eigenvalue weighted by Gasteiger charge is 2.26. The molecule has 1 aliphatic rings. The molecule has 1 fully saturated rings. The highest BCUT2D eigenvalue weighted by atomic mass is 32.2. The molecule has 1 N–H and O–H groups in total. The number of aromatic nitrogens is 2. The number of aryl methyl sites for hydroxylation is 1. The minimum Gasteiger partial charge on any atom is -0.344 e. The number of amides is 1. The summed E-state index contributed by atoms with van der Waals surface area (Å²) in [6.45, 7) is 5.99. The molecule has 1 amide bonds. The third-order valence-corrected chi connectivity index (χ3v) is 8.00. The second-order valence-corrected chi connectivity index (χ2v) is 10.0. The fourth-order valence-corrected chi connectivity index (χ4v) is 5.54. The minimum absolute atomic E-state index is 0.147. The van der Waals surface area contributed by atoms with Crippen molar-refractivity contribution in [2.75, 3.05) is 38.1 Å². The second-order valence-electron chi connectivity index (χ2n) is 7.23. The van der Waals surface area contributed by atoms with E-state index in [0.29, 0.717) is 37.3 Å². The molecular weight excluding hydrogens is 422 g/mol. The Kier molecular flexibility index (Phi) is 5.48. The second kappa shape index (κ2) is 7.93. The monoisotopic (exact) mass is 445 g/mol. The van der Waals surface area contributed by atoms with Crippen LogP contribution in [-0.4, -0.2) is 62.4 Å². The molecule has 158 valence electrons. The summed E-state index contributed by atoms with van der Waals surface area (Å²) in [6.07, 6.45) is 1.76. The Hall–Kier alpha value is -2.56. The van der Waals surface area contributed by atoms with Gasteiger partial charge in [-0.2, -0.15) is 0 Å². The molecule has 0 unspecified atom stereocenters. The standard InChI is InChI=1S/C20H23N5O3S2/c1-13-11-15(12-17(14(13)2)30(27,28)21-3)19(26)24-7-9-25(10-8-24)20-23-16-5-4-6-22-18(16)29-20/h4-6,11-12,21H,7-10H2,1-3H3. The van der Waals surface area contributed by atoms with Gasteiger partial charge in [-0.15, -0.1) is 0 Å². The Labute approximate surface area is 179 Å². The van der Waals surface area contributed by atoms with Crippen molar-refractivity contribution in [1.29, 1.82) is 0 Å². The van der Waals surface area contributed by atoms with Crippen LogP contribution in [0.15, 0.2) is 35.4 Å². The first-order chi connectivity index (χ1) is 14.3. The first kappa shape index (κ1) is 20.7. The van der Waals surface area contributed by atoms with Crippen molar-refractivity contribution in [3.63, 3.8) is 0 Å². The molecule has 2 aromatic heterocycles. The van der Waals surface area contributed by atoms with Crippen LogP contribution in [0.1, 0.15) is 21.5 Å². The molecule has 30 heavy (non-hydrogen) atoms. The molecule has 0 spiro atoms. The lowest BCUT2D eigenvalue weighted by atomic mass is 10.0. The number of piperazine rings is 1. The van der Waals surface area contributed by atoms with E-state index in [-0.39, 0.29) is 10.8 Å². The molecule has 0 bridgehead atoms. The summed E-state index contributed by atoms with van der Waals surface area (Å²) in [5.74, 6) is -0.156. The van der Waals surface area contributed by atoms with Gasteiger partial charge >= 0.3 is 0 Å². The summed E-state index contributed by atoms with van der Waals surface area (Å²) in [4.78, 5) is 27.0. The Morgan fingerprint density at radius 2 is 1.90 bits per heavy atom. The molecule has 0 atom stereocenters. The molecule has 0 saturated carbocycles. The first-order valence-corrected chi connectivity index (χ1v) is 11.9. The summed E-state index contributed by atoms with van der Waals surface area (Å²) in [7, 11) is -2.27. The van der Waals surface area contributed by atoms with Gasteiger partial charge in [-0.1, -0.05) is 11.3 Å². The van der Waals surface area contributed by atoms with Gasteiger partial charge < -0.3 is 9.80 Å². The van der Waals surface area contributed by atoms with Gasteiger partial charge in [0.2, 0.25) is 10.0 Å². The van der Waals surface area contributed by atoms with Crippen LogP contribution in [0.5, 0.6) is 0 Å². The van der Waals surface area contributed by atoms with E-state index >= 15 is 0 Å². The van der Waals surface area contributed by atoms with Crippen LogP contribution < -0.4 is 9.62 Å². The average Bonchev–Trinajstić information content (AvgIpc) is 3.19. The van der Waals surface area contributed by atoms with Crippen LogP contribution in [0.3, 0.4) is 0 Å². The molecule has 1 aromatic carbocycles. The number of sulfonamides is 1. The predicted molar refractivity (Wildman–Crippen MR) is 118 cm³/mol. The summed E-state index contributed by atoms with van der Waals surface area (Å²) < 4.78 is 27.0. The van der Waals surface area contributed by atoms with Crippen molar-refractivity contribution in [2.45, 2.75) is 18.7 Å². The number of benzene rings is 1. The van der Waals surface area contributed by atoms with E-state index in [1.54, 1.807) is 35.4 Å². The smallest absolute Gasteiger partial charge is 0.254 e. The Balaban J connectivity index is 1.52. The SMILES string of the molecule is CNS(=O)(=O)c1cc(C(=O)N2CCN(c3nc4cccnc4s3)CC2)cc(C)c1C. The van der Waals surface area contributed by atoms with Gasteiger partial charge in [0.25, 0.3) is 5.91 Å². The Morgan fingerprint density at radius 3 is 2.57 bits per heavy atom. The lowest BCUT2D eigenvalue weighted by Crippen LogP contribution is -2.48. The van der Waals surface area contributed by atoms with Crippen LogP contribution >= 0.6 is 11.3 Å².